The quantitative estimate of drug-likeness (QED) is 0.739. The van der Waals surface area contributed by atoms with E-state index in [1.807, 2.05) is 37.3 Å². The summed E-state index contributed by atoms with van der Waals surface area (Å²) >= 11 is 0. The van der Waals surface area contributed by atoms with Gasteiger partial charge in [0.1, 0.15) is 29.8 Å². The Morgan fingerprint density at radius 3 is 2.60 bits per heavy atom. The molecule has 2 unspecified atom stereocenters. The van der Waals surface area contributed by atoms with Crippen molar-refractivity contribution in [2.24, 2.45) is 0 Å². The molecule has 0 aromatic heterocycles. The summed E-state index contributed by atoms with van der Waals surface area (Å²) in [5.74, 6) is 1.22. The van der Waals surface area contributed by atoms with Gasteiger partial charge in [-0.3, -0.25) is 4.79 Å². The molecule has 2 aromatic rings. The molecule has 2 aromatic carbocycles. The lowest BCUT2D eigenvalue weighted by atomic mass is 9.84. The second-order valence-corrected chi connectivity index (χ2v) is 9.01. The number of esters is 1. The molecule has 1 saturated heterocycles. The second-order valence-electron chi connectivity index (χ2n) is 9.01. The van der Waals surface area contributed by atoms with E-state index in [0.29, 0.717) is 13.0 Å². The molecule has 2 heterocycles. The van der Waals surface area contributed by atoms with Crippen LogP contribution in [0.2, 0.25) is 0 Å². The van der Waals surface area contributed by atoms with Gasteiger partial charge in [0.25, 0.3) is 0 Å². The van der Waals surface area contributed by atoms with E-state index in [1.165, 1.54) is 0 Å². The summed E-state index contributed by atoms with van der Waals surface area (Å²) in [6.45, 7) is 8.67. The monoisotopic (exact) mass is 410 g/mol. The van der Waals surface area contributed by atoms with E-state index in [4.69, 9.17) is 14.2 Å². The van der Waals surface area contributed by atoms with Gasteiger partial charge in [-0.25, -0.2) is 0 Å². The van der Waals surface area contributed by atoms with Crippen molar-refractivity contribution < 1.29 is 24.1 Å². The fraction of sp³-hybridized carbons (Fsp3) is 0.480. The predicted molar refractivity (Wildman–Crippen MR) is 114 cm³/mol. The molecule has 0 bridgehead atoms. The van der Waals surface area contributed by atoms with E-state index in [-0.39, 0.29) is 18.0 Å². The number of carbonyl (C=O) groups is 1. The first kappa shape index (κ1) is 20.7. The zero-order valence-corrected chi connectivity index (χ0v) is 18.2. The molecule has 5 nitrogen and oxygen atoms in total. The summed E-state index contributed by atoms with van der Waals surface area (Å²) in [4.78, 5) is 12.1. The second kappa shape index (κ2) is 7.95. The predicted octanol–water partition coefficient (Wildman–Crippen LogP) is 4.73. The van der Waals surface area contributed by atoms with Crippen LogP contribution in [0.3, 0.4) is 0 Å². The third-order valence-electron chi connectivity index (χ3n) is 6.12. The first-order chi connectivity index (χ1) is 14.2. The van der Waals surface area contributed by atoms with Crippen LogP contribution in [0.15, 0.2) is 30.3 Å². The van der Waals surface area contributed by atoms with Crippen molar-refractivity contribution in [3.05, 3.63) is 58.1 Å². The number of rotatable bonds is 4. The van der Waals surface area contributed by atoms with Gasteiger partial charge in [-0.15, -0.1) is 0 Å². The van der Waals surface area contributed by atoms with Gasteiger partial charge in [0, 0.05) is 23.1 Å². The molecule has 2 aliphatic heterocycles. The Balaban J connectivity index is 1.79. The summed E-state index contributed by atoms with van der Waals surface area (Å²) < 4.78 is 18.4. The van der Waals surface area contributed by atoms with Crippen molar-refractivity contribution in [3.8, 4) is 11.5 Å². The van der Waals surface area contributed by atoms with Crippen LogP contribution in [0.5, 0.6) is 11.5 Å². The summed E-state index contributed by atoms with van der Waals surface area (Å²) in [6.07, 6.45) is 0.916. The minimum absolute atomic E-state index is 0.0350. The van der Waals surface area contributed by atoms with Gasteiger partial charge in [0.05, 0.1) is 12.5 Å². The van der Waals surface area contributed by atoms with Gasteiger partial charge in [-0.2, -0.15) is 0 Å². The minimum Gasteiger partial charge on any atom is -0.488 e. The normalized spacial score (nSPS) is 22.6. The van der Waals surface area contributed by atoms with Gasteiger partial charge in [0.2, 0.25) is 0 Å². The van der Waals surface area contributed by atoms with Gasteiger partial charge >= 0.3 is 5.97 Å². The molecule has 4 rings (SSSR count). The average Bonchev–Trinajstić information content (AvgIpc) is 2.67. The minimum atomic E-state index is -0.710. The van der Waals surface area contributed by atoms with Crippen molar-refractivity contribution in [2.45, 2.75) is 77.8 Å². The zero-order chi connectivity index (χ0) is 21.5. The van der Waals surface area contributed by atoms with Crippen molar-refractivity contribution in [2.75, 3.05) is 0 Å². The maximum Gasteiger partial charge on any atom is 0.309 e. The zero-order valence-electron chi connectivity index (χ0n) is 18.2. The molecule has 30 heavy (non-hydrogen) atoms. The summed E-state index contributed by atoms with van der Waals surface area (Å²) in [5.41, 5.74) is 4.71. The first-order valence-corrected chi connectivity index (χ1v) is 10.6. The number of hydrogen-bond acceptors (Lipinski definition) is 5. The van der Waals surface area contributed by atoms with Crippen LogP contribution >= 0.6 is 0 Å². The molecule has 0 aliphatic carbocycles. The number of cyclic esters (lactones) is 1. The highest BCUT2D eigenvalue weighted by atomic mass is 16.6. The average molecular weight is 411 g/mol. The summed E-state index contributed by atoms with van der Waals surface area (Å²) in [6, 6.07) is 10.0. The van der Waals surface area contributed by atoms with E-state index in [2.05, 4.69) is 20.8 Å². The van der Waals surface area contributed by atoms with E-state index in [9.17, 15) is 9.90 Å². The standard InChI is InChI=1S/C25H30O5/c1-15-19-10-11-25(3,4)30-24(19)22(20-12-18(26)13-21(27)29-20)16(2)23(15)28-14-17-8-6-5-7-9-17/h5-9,18,20,26H,10-14H2,1-4H3. The van der Waals surface area contributed by atoms with Gasteiger partial charge < -0.3 is 19.3 Å². The topological polar surface area (TPSA) is 65.0 Å². The van der Waals surface area contributed by atoms with E-state index in [0.717, 1.165) is 52.2 Å². The highest BCUT2D eigenvalue weighted by Gasteiger charge is 2.38. The molecule has 0 radical (unpaired) electrons. The van der Waals surface area contributed by atoms with Crippen molar-refractivity contribution >= 4 is 5.97 Å². The maximum atomic E-state index is 12.1. The molecular weight excluding hydrogens is 380 g/mol. The molecule has 0 saturated carbocycles. The Labute approximate surface area is 178 Å². The van der Waals surface area contributed by atoms with Gasteiger partial charge in [-0.05, 0) is 51.7 Å². The number of ether oxygens (including phenoxy) is 3. The highest BCUT2D eigenvalue weighted by Crippen LogP contribution is 2.48. The number of aliphatic hydroxyl groups is 1. The van der Waals surface area contributed by atoms with Crippen molar-refractivity contribution in [1.82, 2.24) is 0 Å². The van der Waals surface area contributed by atoms with Crippen LogP contribution in [0.4, 0.5) is 0 Å². The Morgan fingerprint density at radius 2 is 1.90 bits per heavy atom. The number of benzene rings is 2. The van der Waals surface area contributed by atoms with E-state index < -0.39 is 12.2 Å². The van der Waals surface area contributed by atoms with Gasteiger partial charge in [0.15, 0.2) is 0 Å². The fourth-order valence-corrected chi connectivity index (χ4v) is 4.50. The Bertz CT molecular complexity index is 948. The van der Waals surface area contributed by atoms with Crippen LogP contribution in [0, 0.1) is 13.8 Å². The highest BCUT2D eigenvalue weighted by molar-refractivity contribution is 5.72. The number of aliphatic hydroxyl groups excluding tert-OH is 1. The molecule has 1 N–H and O–H groups in total. The Morgan fingerprint density at radius 1 is 1.17 bits per heavy atom. The number of fused-ring (bicyclic) bond motifs is 1. The van der Waals surface area contributed by atoms with Crippen LogP contribution in [0.25, 0.3) is 0 Å². The van der Waals surface area contributed by atoms with Crippen molar-refractivity contribution in [1.29, 1.82) is 0 Å². The van der Waals surface area contributed by atoms with Gasteiger partial charge in [-0.1, -0.05) is 30.3 Å². The number of carbonyl (C=O) groups excluding carboxylic acids is 1. The largest absolute Gasteiger partial charge is 0.488 e. The molecule has 0 amide bonds. The summed E-state index contributed by atoms with van der Waals surface area (Å²) in [7, 11) is 0. The Kier molecular flexibility index (Phi) is 5.49. The Hall–Kier alpha value is -2.53. The molecule has 160 valence electrons. The van der Waals surface area contributed by atoms with Crippen LogP contribution in [0.1, 0.15) is 67.0 Å². The third kappa shape index (κ3) is 4.04. The lowest BCUT2D eigenvalue weighted by molar-refractivity contribution is -0.160. The maximum absolute atomic E-state index is 12.1. The molecular formula is C25H30O5. The van der Waals surface area contributed by atoms with E-state index >= 15 is 0 Å². The lowest BCUT2D eigenvalue weighted by Gasteiger charge is -2.38. The number of hydrogen-bond donors (Lipinski definition) is 1. The molecule has 5 heteroatoms. The lowest BCUT2D eigenvalue weighted by Crippen LogP contribution is -2.35. The fourth-order valence-electron chi connectivity index (χ4n) is 4.50. The van der Waals surface area contributed by atoms with Crippen LogP contribution in [-0.2, 0) is 22.6 Å². The van der Waals surface area contributed by atoms with Crippen molar-refractivity contribution in [3.63, 3.8) is 0 Å². The SMILES string of the molecule is Cc1c2c(c(C3CC(O)CC(=O)O3)c(C)c1OCc1ccccc1)OC(C)(C)CC2. The summed E-state index contributed by atoms with van der Waals surface area (Å²) in [5, 5.41) is 10.2. The molecule has 2 atom stereocenters. The third-order valence-corrected chi connectivity index (χ3v) is 6.12. The first-order valence-electron chi connectivity index (χ1n) is 10.6. The molecule has 2 aliphatic rings. The molecule has 1 fully saturated rings. The smallest absolute Gasteiger partial charge is 0.309 e. The van der Waals surface area contributed by atoms with Crippen LogP contribution in [-0.4, -0.2) is 22.8 Å². The molecule has 0 spiro atoms. The van der Waals surface area contributed by atoms with E-state index in [1.54, 1.807) is 0 Å². The van der Waals surface area contributed by atoms with Crippen LogP contribution < -0.4 is 9.47 Å².